The number of methoxy groups -OCH3 is 1. The van der Waals surface area contributed by atoms with Crippen molar-refractivity contribution in [2.24, 2.45) is 5.92 Å². The molecule has 2 rings (SSSR count). The molecule has 0 atom stereocenters. The molecule has 42 heavy (non-hydrogen) atoms. The minimum absolute atomic E-state index is 0.103. The number of nitrogens with zero attached hydrogens (tertiary/aromatic N) is 1. The number of unbranched alkanes of at least 4 members (excludes halogenated alkanes) is 15. The van der Waals surface area contributed by atoms with Crippen LogP contribution in [0.5, 0.6) is 0 Å². The average Bonchev–Trinajstić information content (AvgIpc) is 2.95. The number of carbonyl (C=O) groups excluding carboxylic acids is 3. The van der Waals surface area contributed by atoms with Gasteiger partial charge in [-0.05, 0) is 17.6 Å². The molecule has 9 heteroatoms. The summed E-state index contributed by atoms with van der Waals surface area (Å²) >= 11 is 0. The molecule has 9 nitrogen and oxygen atoms in total. The molecule has 0 aromatic carbocycles. The van der Waals surface area contributed by atoms with Crippen molar-refractivity contribution in [2.45, 2.75) is 117 Å². The van der Waals surface area contributed by atoms with Crippen LogP contribution in [0.3, 0.4) is 0 Å². The minimum Gasteiger partial charge on any atom is -0.453 e. The van der Waals surface area contributed by atoms with Gasteiger partial charge in [0.15, 0.2) is 0 Å². The third-order valence-electron chi connectivity index (χ3n) is 8.32. The van der Waals surface area contributed by atoms with E-state index >= 15 is 0 Å². The predicted molar refractivity (Wildman–Crippen MR) is 168 cm³/mol. The Kier molecular flexibility index (Phi) is 18.7. The van der Waals surface area contributed by atoms with Gasteiger partial charge in [0.1, 0.15) is 6.61 Å². The van der Waals surface area contributed by atoms with E-state index in [1.165, 1.54) is 104 Å². The van der Waals surface area contributed by atoms with Crippen LogP contribution in [0.4, 0.5) is 9.59 Å². The summed E-state index contributed by atoms with van der Waals surface area (Å²) in [7, 11) is 1.31. The normalized spacial score (nSPS) is 15.2. The zero-order valence-corrected chi connectivity index (χ0v) is 26.7. The number of rotatable bonds is 22. The Morgan fingerprint density at radius 3 is 1.86 bits per heavy atom. The van der Waals surface area contributed by atoms with Gasteiger partial charge in [-0.2, -0.15) is 0 Å². The molecule has 0 bridgehead atoms. The number of nitrogens with one attached hydrogen (secondary N) is 3. The second kappa shape index (κ2) is 22.1. The number of ether oxygens (including phenoxy) is 2. The van der Waals surface area contributed by atoms with Gasteiger partial charge in [0.05, 0.1) is 13.7 Å². The average molecular weight is 591 g/mol. The highest BCUT2D eigenvalue weighted by Gasteiger charge is 2.33. The number of carbonyl (C=O) groups is 3. The lowest BCUT2D eigenvalue weighted by Crippen LogP contribution is -2.48. The molecule has 2 aliphatic rings. The lowest BCUT2D eigenvalue weighted by molar-refractivity contribution is -0.126. The first-order valence-corrected chi connectivity index (χ1v) is 16.6. The highest BCUT2D eigenvalue weighted by Crippen LogP contribution is 2.32. The summed E-state index contributed by atoms with van der Waals surface area (Å²) in [6.45, 7) is 6.60. The van der Waals surface area contributed by atoms with Crippen LogP contribution in [0.2, 0.25) is 0 Å². The van der Waals surface area contributed by atoms with E-state index in [0.717, 1.165) is 42.8 Å². The van der Waals surface area contributed by atoms with Gasteiger partial charge in [-0.1, -0.05) is 109 Å². The van der Waals surface area contributed by atoms with Gasteiger partial charge in [0.25, 0.3) is 0 Å². The number of amides is 3. The van der Waals surface area contributed by atoms with Gasteiger partial charge in [0, 0.05) is 44.7 Å². The van der Waals surface area contributed by atoms with Crippen molar-refractivity contribution in [1.82, 2.24) is 20.9 Å². The first kappa shape index (κ1) is 35.6. The van der Waals surface area contributed by atoms with Gasteiger partial charge in [-0.3, -0.25) is 4.79 Å². The van der Waals surface area contributed by atoms with E-state index in [2.05, 4.69) is 22.9 Å². The molecular formula is C33H58N4O5. The maximum atomic E-state index is 12.4. The van der Waals surface area contributed by atoms with Gasteiger partial charge < -0.3 is 30.3 Å². The Balaban J connectivity index is 1.58. The van der Waals surface area contributed by atoms with E-state index in [0.29, 0.717) is 13.1 Å². The molecule has 240 valence electrons. The molecular weight excluding hydrogens is 532 g/mol. The standard InChI is InChI=1S/C33H58N4O5/c1-4-5-6-7-8-9-10-11-12-13-14-15-16-17-18-19-21-35-33(40)42-26-28-20-22-37(27(2)38)30(25-36-32(39)41-3)31(28)29-23-34-24-29/h20,29,34H,4-19,21-26H2,1-3H3,(H,35,40)(H,36,39). The third-order valence-corrected chi connectivity index (χ3v) is 8.32. The molecule has 3 N–H and O–H groups in total. The van der Waals surface area contributed by atoms with Crippen LogP contribution in [0.15, 0.2) is 22.9 Å². The first-order chi connectivity index (χ1) is 20.5. The molecule has 0 aromatic heterocycles. The molecule has 0 aliphatic carbocycles. The zero-order chi connectivity index (χ0) is 30.4. The quantitative estimate of drug-likeness (QED) is 0.123. The minimum atomic E-state index is -0.557. The maximum Gasteiger partial charge on any atom is 0.407 e. The molecule has 0 spiro atoms. The van der Waals surface area contributed by atoms with Crippen LogP contribution in [-0.4, -0.2) is 69.4 Å². The second-order valence-electron chi connectivity index (χ2n) is 11.7. The molecule has 0 unspecified atom stereocenters. The fraction of sp³-hybridized carbons (Fsp3) is 0.788. The van der Waals surface area contributed by atoms with Gasteiger partial charge >= 0.3 is 12.2 Å². The van der Waals surface area contributed by atoms with Crippen LogP contribution >= 0.6 is 0 Å². The number of hydrogen-bond donors (Lipinski definition) is 3. The monoisotopic (exact) mass is 590 g/mol. The Morgan fingerprint density at radius 2 is 1.38 bits per heavy atom. The summed E-state index contributed by atoms with van der Waals surface area (Å²) < 4.78 is 10.3. The fourth-order valence-corrected chi connectivity index (χ4v) is 5.67. The van der Waals surface area contributed by atoms with E-state index in [4.69, 9.17) is 9.47 Å². The van der Waals surface area contributed by atoms with Crippen LogP contribution in [-0.2, 0) is 14.3 Å². The van der Waals surface area contributed by atoms with Crippen molar-refractivity contribution in [2.75, 3.05) is 46.4 Å². The third kappa shape index (κ3) is 14.1. The molecule has 0 saturated carbocycles. The zero-order valence-electron chi connectivity index (χ0n) is 26.7. The summed E-state index contributed by atoms with van der Waals surface area (Å²) in [6.07, 6.45) is 22.1. The lowest BCUT2D eigenvalue weighted by Gasteiger charge is -2.38. The van der Waals surface area contributed by atoms with Crippen LogP contribution in [0, 0.1) is 5.92 Å². The Bertz CT molecular complexity index is 869. The topological polar surface area (TPSA) is 109 Å². The smallest absolute Gasteiger partial charge is 0.407 e. The summed E-state index contributed by atoms with van der Waals surface area (Å²) in [4.78, 5) is 38.1. The van der Waals surface area contributed by atoms with E-state index in [9.17, 15) is 14.4 Å². The summed E-state index contributed by atoms with van der Waals surface area (Å²) in [5.74, 6) is 0.0822. The lowest BCUT2D eigenvalue weighted by atomic mass is 9.84. The van der Waals surface area contributed by atoms with Crippen LogP contribution < -0.4 is 16.0 Å². The van der Waals surface area contributed by atoms with E-state index < -0.39 is 12.2 Å². The molecule has 0 radical (unpaired) electrons. The Labute approximate surface area is 254 Å². The van der Waals surface area contributed by atoms with Crippen molar-refractivity contribution in [3.8, 4) is 0 Å². The summed E-state index contributed by atoms with van der Waals surface area (Å²) in [6, 6.07) is 0. The van der Waals surface area contributed by atoms with Crippen LogP contribution in [0.1, 0.15) is 117 Å². The van der Waals surface area contributed by atoms with E-state index in [1.54, 1.807) is 4.90 Å². The first-order valence-electron chi connectivity index (χ1n) is 16.6. The predicted octanol–water partition coefficient (Wildman–Crippen LogP) is 6.59. The number of alkyl carbamates (subject to hydrolysis) is 2. The van der Waals surface area contributed by atoms with Crippen molar-refractivity contribution in [1.29, 1.82) is 0 Å². The van der Waals surface area contributed by atoms with E-state index in [-0.39, 0.29) is 25.0 Å². The van der Waals surface area contributed by atoms with Crippen molar-refractivity contribution in [3.63, 3.8) is 0 Å². The fourth-order valence-electron chi connectivity index (χ4n) is 5.67. The Morgan fingerprint density at radius 1 is 0.833 bits per heavy atom. The van der Waals surface area contributed by atoms with Crippen molar-refractivity contribution >= 4 is 18.1 Å². The number of hydrogen-bond acceptors (Lipinski definition) is 6. The second-order valence-corrected chi connectivity index (χ2v) is 11.7. The summed E-state index contributed by atoms with van der Waals surface area (Å²) in [5.41, 5.74) is 2.57. The van der Waals surface area contributed by atoms with Gasteiger partial charge in [0.2, 0.25) is 5.91 Å². The van der Waals surface area contributed by atoms with E-state index in [1.807, 2.05) is 6.08 Å². The van der Waals surface area contributed by atoms with Gasteiger partial charge in [-0.15, -0.1) is 0 Å². The summed E-state index contributed by atoms with van der Waals surface area (Å²) in [5, 5.41) is 8.84. The molecule has 2 heterocycles. The molecule has 3 amide bonds. The van der Waals surface area contributed by atoms with Crippen molar-refractivity contribution in [3.05, 3.63) is 22.9 Å². The van der Waals surface area contributed by atoms with Gasteiger partial charge in [-0.25, -0.2) is 9.59 Å². The molecule has 1 fully saturated rings. The van der Waals surface area contributed by atoms with Crippen molar-refractivity contribution < 1.29 is 23.9 Å². The molecule has 2 aliphatic heterocycles. The molecule has 0 aromatic rings. The highest BCUT2D eigenvalue weighted by atomic mass is 16.5. The SMILES string of the molecule is CCCCCCCCCCCCCCCCCCNC(=O)OCC1=CCN(C(C)=O)C(CNC(=O)OC)=C1C1CNC1. The maximum absolute atomic E-state index is 12.4. The molecule has 1 saturated heterocycles. The highest BCUT2D eigenvalue weighted by molar-refractivity contribution is 5.77. The van der Waals surface area contributed by atoms with Crippen LogP contribution in [0.25, 0.3) is 0 Å². The largest absolute Gasteiger partial charge is 0.453 e. The Hall–Kier alpha value is -2.55.